The fourth-order valence-corrected chi connectivity index (χ4v) is 3.53. The van der Waals surface area contributed by atoms with Gasteiger partial charge in [-0.1, -0.05) is 45.0 Å². The normalized spacial score (nSPS) is 11.7. The van der Waals surface area contributed by atoms with Crippen LogP contribution in [0.3, 0.4) is 0 Å². The van der Waals surface area contributed by atoms with Crippen LogP contribution in [-0.4, -0.2) is 21.7 Å². The Kier molecular flexibility index (Phi) is 4.34. The van der Waals surface area contributed by atoms with Crippen molar-refractivity contribution < 1.29 is 9.59 Å². The molecule has 0 radical (unpaired) electrons. The molecule has 29 heavy (non-hydrogen) atoms. The standard InChI is InChI=1S/C23H21N3O3/c1-23(2,3)17-11-20(27)26-19-10-13(8-9-15(17)19)25-22(29)21(28)16-12-24-18-7-5-4-6-14(16)18/h4-12,24H,1-3H3,(H,25,29)(H,26,27). The number of carbonyl (C=O) groups is 2. The number of rotatable bonds is 3. The van der Waals surface area contributed by atoms with E-state index in [1.165, 1.54) is 0 Å². The average Bonchev–Trinajstić information content (AvgIpc) is 3.09. The first-order valence-corrected chi connectivity index (χ1v) is 9.33. The van der Waals surface area contributed by atoms with Gasteiger partial charge in [0.25, 0.3) is 11.7 Å². The van der Waals surface area contributed by atoms with Gasteiger partial charge >= 0.3 is 0 Å². The number of aromatic nitrogens is 2. The van der Waals surface area contributed by atoms with Crippen molar-refractivity contribution in [3.8, 4) is 0 Å². The number of nitrogens with one attached hydrogen (secondary N) is 3. The smallest absolute Gasteiger partial charge is 0.296 e. The largest absolute Gasteiger partial charge is 0.360 e. The van der Waals surface area contributed by atoms with Crippen LogP contribution < -0.4 is 10.9 Å². The quantitative estimate of drug-likeness (QED) is 0.364. The molecule has 0 saturated carbocycles. The topological polar surface area (TPSA) is 94.8 Å². The zero-order valence-electron chi connectivity index (χ0n) is 16.4. The maximum absolute atomic E-state index is 12.6. The van der Waals surface area contributed by atoms with Crippen LogP contribution in [0.2, 0.25) is 0 Å². The number of carbonyl (C=O) groups excluding carboxylic acids is 2. The molecule has 1 amide bonds. The summed E-state index contributed by atoms with van der Waals surface area (Å²) in [5, 5.41) is 4.24. The van der Waals surface area contributed by atoms with Crippen molar-refractivity contribution in [1.29, 1.82) is 0 Å². The van der Waals surface area contributed by atoms with Crippen molar-refractivity contribution in [2.45, 2.75) is 26.2 Å². The number of para-hydroxylation sites is 1. The fraction of sp³-hybridized carbons (Fsp3) is 0.174. The van der Waals surface area contributed by atoms with Crippen LogP contribution in [0.5, 0.6) is 0 Å². The summed E-state index contributed by atoms with van der Waals surface area (Å²) in [6, 6.07) is 14.2. The van der Waals surface area contributed by atoms with Gasteiger partial charge in [-0.05, 0) is 29.2 Å². The molecule has 0 bridgehead atoms. The third kappa shape index (κ3) is 3.45. The molecule has 3 N–H and O–H groups in total. The number of hydrogen-bond donors (Lipinski definition) is 3. The van der Waals surface area contributed by atoms with E-state index in [1.54, 1.807) is 30.5 Å². The number of fused-ring (bicyclic) bond motifs is 2. The number of benzene rings is 2. The molecule has 0 fully saturated rings. The highest BCUT2D eigenvalue weighted by atomic mass is 16.2. The second-order valence-corrected chi connectivity index (χ2v) is 8.09. The molecule has 4 aromatic rings. The van der Waals surface area contributed by atoms with Crippen molar-refractivity contribution in [3.05, 3.63) is 76.2 Å². The molecule has 2 aromatic carbocycles. The number of amides is 1. The molecule has 0 saturated heterocycles. The Bertz CT molecular complexity index is 1320. The van der Waals surface area contributed by atoms with Gasteiger partial charge in [-0.3, -0.25) is 14.4 Å². The van der Waals surface area contributed by atoms with Crippen LogP contribution >= 0.6 is 0 Å². The Labute approximate surface area is 167 Å². The summed E-state index contributed by atoms with van der Waals surface area (Å²) in [5.74, 6) is -1.36. The summed E-state index contributed by atoms with van der Waals surface area (Å²) in [6.07, 6.45) is 1.54. The molecule has 0 spiro atoms. The molecule has 6 nitrogen and oxygen atoms in total. The number of H-pyrrole nitrogens is 2. The lowest BCUT2D eigenvalue weighted by atomic mass is 9.85. The van der Waals surface area contributed by atoms with Gasteiger partial charge in [0.2, 0.25) is 5.56 Å². The fourth-order valence-electron chi connectivity index (χ4n) is 3.53. The van der Waals surface area contributed by atoms with Crippen molar-refractivity contribution >= 4 is 39.2 Å². The van der Waals surface area contributed by atoms with Crippen LogP contribution in [0, 0.1) is 0 Å². The molecule has 0 atom stereocenters. The van der Waals surface area contributed by atoms with E-state index in [0.717, 1.165) is 16.5 Å². The zero-order chi connectivity index (χ0) is 20.8. The van der Waals surface area contributed by atoms with E-state index >= 15 is 0 Å². The second-order valence-electron chi connectivity index (χ2n) is 8.09. The zero-order valence-corrected chi connectivity index (χ0v) is 16.4. The van der Waals surface area contributed by atoms with E-state index < -0.39 is 11.7 Å². The van der Waals surface area contributed by atoms with Crippen molar-refractivity contribution in [3.63, 3.8) is 0 Å². The molecular formula is C23H21N3O3. The Morgan fingerprint density at radius 1 is 0.931 bits per heavy atom. The van der Waals surface area contributed by atoms with Crippen LogP contribution in [-0.2, 0) is 10.2 Å². The van der Waals surface area contributed by atoms with E-state index in [4.69, 9.17) is 0 Å². The third-order valence-corrected chi connectivity index (χ3v) is 4.95. The van der Waals surface area contributed by atoms with Crippen molar-refractivity contribution in [2.24, 2.45) is 0 Å². The predicted molar refractivity (Wildman–Crippen MR) is 115 cm³/mol. The Morgan fingerprint density at radius 2 is 1.69 bits per heavy atom. The number of aromatic amines is 2. The maximum Gasteiger partial charge on any atom is 0.296 e. The highest BCUT2D eigenvalue weighted by Gasteiger charge is 2.21. The van der Waals surface area contributed by atoms with E-state index in [9.17, 15) is 14.4 Å². The molecule has 0 aliphatic carbocycles. The minimum absolute atomic E-state index is 0.206. The van der Waals surface area contributed by atoms with E-state index in [1.807, 2.05) is 45.0 Å². The SMILES string of the molecule is CC(C)(C)c1cc(=O)[nH]c2cc(NC(=O)C(=O)c3c[nH]c4ccccc34)ccc12. The average molecular weight is 387 g/mol. The molecule has 0 unspecified atom stereocenters. The number of hydrogen-bond acceptors (Lipinski definition) is 3. The minimum Gasteiger partial charge on any atom is -0.360 e. The molecule has 2 heterocycles. The van der Waals surface area contributed by atoms with E-state index in [0.29, 0.717) is 22.2 Å². The number of pyridine rings is 1. The highest BCUT2D eigenvalue weighted by molar-refractivity contribution is 6.48. The number of anilines is 1. The molecule has 146 valence electrons. The monoisotopic (exact) mass is 387 g/mol. The number of ketones is 1. The van der Waals surface area contributed by atoms with Gasteiger partial charge in [0.15, 0.2) is 0 Å². The lowest BCUT2D eigenvalue weighted by Crippen LogP contribution is -2.23. The van der Waals surface area contributed by atoms with Crippen LogP contribution in [0.25, 0.3) is 21.8 Å². The third-order valence-electron chi connectivity index (χ3n) is 4.95. The van der Waals surface area contributed by atoms with Gasteiger partial charge in [-0.25, -0.2) is 0 Å². The van der Waals surface area contributed by atoms with Crippen molar-refractivity contribution in [2.75, 3.05) is 5.32 Å². The van der Waals surface area contributed by atoms with E-state index in [-0.39, 0.29) is 11.0 Å². The molecule has 6 heteroatoms. The highest BCUT2D eigenvalue weighted by Crippen LogP contribution is 2.29. The Hall–Kier alpha value is -3.67. The summed E-state index contributed by atoms with van der Waals surface area (Å²) < 4.78 is 0. The second kappa shape index (κ2) is 6.74. The lowest BCUT2D eigenvalue weighted by Gasteiger charge is -2.21. The van der Waals surface area contributed by atoms with E-state index in [2.05, 4.69) is 15.3 Å². The van der Waals surface area contributed by atoms with Gasteiger partial charge in [0, 0.05) is 34.2 Å². The minimum atomic E-state index is -0.733. The van der Waals surface area contributed by atoms with Gasteiger partial charge in [0.05, 0.1) is 11.1 Å². The first-order valence-electron chi connectivity index (χ1n) is 9.33. The summed E-state index contributed by atoms with van der Waals surface area (Å²) in [4.78, 5) is 43.0. The predicted octanol–water partition coefficient (Wildman–Crippen LogP) is 4.13. The molecule has 0 aliphatic rings. The summed E-state index contributed by atoms with van der Waals surface area (Å²) in [6.45, 7) is 6.12. The van der Waals surface area contributed by atoms with Crippen LogP contribution in [0.4, 0.5) is 5.69 Å². The summed E-state index contributed by atoms with van der Waals surface area (Å²) in [5.41, 5.74) is 2.67. The maximum atomic E-state index is 12.6. The van der Waals surface area contributed by atoms with Gasteiger partial charge < -0.3 is 15.3 Å². The van der Waals surface area contributed by atoms with Gasteiger partial charge in [-0.2, -0.15) is 0 Å². The molecular weight excluding hydrogens is 366 g/mol. The van der Waals surface area contributed by atoms with Crippen LogP contribution in [0.1, 0.15) is 36.7 Å². The molecule has 0 aliphatic heterocycles. The summed E-state index contributed by atoms with van der Waals surface area (Å²) in [7, 11) is 0. The molecule has 4 rings (SSSR count). The molecule has 2 aromatic heterocycles. The Balaban J connectivity index is 1.66. The van der Waals surface area contributed by atoms with Crippen molar-refractivity contribution in [1.82, 2.24) is 9.97 Å². The first-order chi connectivity index (χ1) is 13.7. The number of Topliss-reactive ketones (excluding diaryl/α,β-unsaturated/α-hetero) is 1. The van der Waals surface area contributed by atoms with Gasteiger partial charge in [0.1, 0.15) is 0 Å². The summed E-state index contributed by atoms with van der Waals surface area (Å²) >= 11 is 0. The van der Waals surface area contributed by atoms with Crippen LogP contribution in [0.15, 0.2) is 59.5 Å². The first kappa shape index (κ1) is 18.7. The lowest BCUT2D eigenvalue weighted by molar-refractivity contribution is -0.112. The van der Waals surface area contributed by atoms with Gasteiger partial charge in [-0.15, -0.1) is 0 Å². The Morgan fingerprint density at radius 3 is 2.45 bits per heavy atom.